The van der Waals surface area contributed by atoms with E-state index in [9.17, 15) is 0 Å². The standard InChI is InChI=1S/C16H16O/c1-13(15-9-5-3-6-10-15)17-14(2)16-11-7-4-8-12-16/h3-12,14H,1H2,2H3/t14-/m0/s1. The summed E-state index contributed by atoms with van der Waals surface area (Å²) in [4.78, 5) is 0. The molecule has 0 fully saturated rings. The van der Waals surface area contributed by atoms with E-state index in [1.165, 1.54) is 0 Å². The van der Waals surface area contributed by atoms with E-state index in [2.05, 4.69) is 18.7 Å². The van der Waals surface area contributed by atoms with Gasteiger partial charge in [-0.25, -0.2) is 0 Å². The molecule has 0 aliphatic rings. The highest BCUT2D eigenvalue weighted by Crippen LogP contribution is 2.23. The first-order valence-corrected chi connectivity index (χ1v) is 5.73. The molecule has 0 radical (unpaired) electrons. The highest BCUT2D eigenvalue weighted by Gasteiger charge is 2.08. The minimum absolute atomic E-state index is 0.0175. The van der Waals surface area contributed by atoms with E-state index in [1.807, 2.05) is 55.5 Å². The minimum atomic E-state index is 0.0175. The van der Waals surface area contributed by atoms with Crippen LogP contribution in [0.3, 0.4) is 0 Å². The average molecular weight is 224 g/mol. The summed E-state index contributed by atoms with van der Waals surface area (Å²) in [7, 11) is 0. The van der Waals surface area contributed by atoms with Crippen LogP contribution in [0.25, 0.3) is 5.76 Å². The van der Waals surface area contributed by atoms with Crippen molar-refractivity contribution in [3.63, 3.8) is 0 Å². The van der Waals surface area contributed by atoms with Crippen molar-refractivity contribution in [2.24, 2.45) is 0 Å². The van der Waals surface area contributed by atoms with Crippen LogP contribution in [0.1, 0.15) is 24.2 Å². The number of hydrogen-bond acceptors (Lipinski definition) is 1. The number of benzene rings is 2. The monoisotopic (exact) mass is 224 g/mol. The Morgan fingerprint density at radius 2 is 1.47 bits per heavy atom. The number of rotatable bonds is 4. The van der Waals surface area contributed by atoms with Crippen LogP contribution in [0, 0.1) is 0 Å². The van der Waals surface area contributed by atoms with E-state index < -0.39 is 0 Å². The van der Waals surface area contributed by atoms with Gasteiger partial charge in [0.2, 0.25) is 0 Å². The van der Waals surface area contributed by atoms with E-state index in [4.69, 9.17) is 4.74 Å². The maximum Gasteiger partial charge on any atom is 0.121 e. The van der Waals surface area contributed by atoms with Crippen LogP contribution >= 0.6 is 0 Å². The Labute approximate surface area is 102 Å². The molecule has 1 heteroatoms. The summed E-state index contributed by atoms with van der Waals surface area (Å²) in [6, 6.07) is 20.1. The molecule has 0 unspecified atom stereocenters. The quantitative estimate of drug-likeness (QED) is 0.698. The van der Waals surface area contributed by atoms with Crippen molar-refractivity contribution in [1.29, 1.82) is 0 Å². The van der Waals surface area contributed by atoms with E-state index in [-0.39, 0.29) is 6.10 Å². The molecule has 0 amide bonds. The van der Waals surface area contributed by atoms with Crippen molar-refractivity contribution in [2.75, 3.05) is 0 Å². The van der Waals surface area contributed by atoms with Gasteiger partial charge in [-0.3, -0.25) is 0 Å². The maximum absolute atomic E-state index is 5.83. The summed E-state index contributed by atoms with van der Waals surface area (Å²) < 4.78 is 5.83. The van der Waals surface area contributed by atoms with Gasteiger partial charge >= 0.3 is 0 Å². The zero-order chi connectivity index (χ0) is 12.1. The second-order valence-corrected chi connectivity index (χ2v) is 3.96. The van der Waals surface area contributed by atoms with Gasteiger partial charge in [-0.1, -0.05) is 67.2 Å². The molecule has 0 bridgehead atoms. The lowest BCUT2D eigenvalue weighted by atomic mass is 10.1. The SMILES string of the molecule is C=C(O[C@@H](C)c1ccccc1)c1ccccc1. The minimum Gasteiger partial charge on any atom is -0.486 e. The first kappa shape index (κ1) is 11.5. The Kier molecular flexibility index (Phi) is 3.61. The molecule has 0 heterocycles. The predicted molar refractivity (Wildman–Crippen MR) is 71.4 cm³/mol. The normalized spacial score (nSPS) is 11.8. The van der Waals surface area contributed by atoms with E-state index in [0.717, 1.165) is 11.1 Å². The van der Waals surface area contributed by atoms with Crippen LogP contribution in [0.15, 0.2) is 67.2 Å². The fraction of sp³-hybridized carbons (Fsp3) is 0.125. The average Bonchev–Trinajstić information content (AvgIpc) is 2.40. The Morgan fingerprint density at radius 3 is 2.06 bits per heavy atom. The van der Waals surface area contributed by atoms with Gasteiger partial charge < -0.3 is 4.74 Å². The van der Waals surface area contributed by atoms with Crippen LogP contribution in [0.4, 0.5) is 0 Å². The molecule has 86 valence electrons. The van der Waals surface area contributed by atoms with Gasteiger partial charge in [0.15, 0.2) is 0 Å². The molecule has 2 aromatic carbocycles. The van der Waals surface area contributed by atoms with Gasteiger partial charge in [0.05, 0.1) is 0 Å². The van der Waals surface area contributed by atoms with Gasteiger partial charge in [0, 0.05) is 5.56 Å². The number of hydrogen-bond donors (Lipinski definition) is 0. The second-order valence-electron chi connectivity index (χ2n) is 3.96. The molecule has 1 nitrogen and oxygen atoms in total. The van der Waals surface area contributed by atoms with E-state index in [1.54, 1.807) is 0 Å². The lowest BCUT2D eigenvalue weighted by Crippen LogP contribution is -1.98. The zero-order valence-corrected chi connectivity index (χ0v) is 9.97. The first-order valence-electron chi connectivity index (χ1n) is 5.73. The fourth-order valence-electron chi connectivity index (χ4n) is 1.70. The molecular formula is C16H16O. The Bertz CT molecular complexity index is 473. The highest BCUT2D eigenvalue weighted by atomic mass is 16.5. The molecule has 0 N–H and O–H groups in total. The van der Waals surface area contributed by atoms with Crippen molar-refractivity contribution >= 4 is 5.76 Å². The first-order chi connectivity index (χ1) is 8.27. The summed E-state index contributed by atoms with van der Waals surface area (Å²) in [6.07, 6.45) is 0.0175. The summed E-state index contributed by atoms with van der Waals surface area (Å²) in [5.74, 6) is 0.710. The third-order valence-corrected chi connectivity index (χ3v) is 2.68. The summed E-state index contributed by atoms with van der Waals surface area (Å²) in [5, 5.41) is 0. The second kappa shape index (κ2) is 5.35. The van der Waals surface area contributed by atoms with Gasteiger partial charge in [0.1, 0.15) is 11.9 Å². The Morgan fingerprint density at radius 1 is 0.941 bits per heavy atom. The van der Waals surface area contributed by atoms with Crippen molar-refractivity contribution in [1.82, 2.24) is 0 Å². The molecule has 2 aromatic rings. The summed E-state index contributed by atoms with van der Waals surface area (Å²) >= 11 is 0. The maximum atomic E-state index is 5.83. The van der Waals surface area contributed by atoms with Gasteiger partial charge in [-0.15, -0.1) is 0 Å². The van der Waals surface area contributed by atoms with Crippen LogP contribution in [-0.4, -0.2) is 0 Å². The van der Waals surface area contributed by atoms with Crippen molar-refractivity contribution in [3.05, 3.63) is 78.4 Å². The number of ether oxygens (including phenoxy) is 1. The van der Waals surface area contributed by atoms with Gasteiger partial charge in [0.25, 0.3) is 0 Å². The molecule has 17 heavy (non-hydrogen) atoms. The van der Waals surface area contributed by atoms with Crippen LogP contribution < -0.4 is 0 Å². The van der Waals surface area contributed by atoms with Gasteiger partial charge in [-0.05, 0) is 12.5 Å². The molecule has 1 atom stereocenters. The van der Waals surface area contributed by atoms with Crippen LogP contribution in [-0.2, 0) is 4.74 Å². The molecule has 0 spiro atoms. The third-order valence-electron chi connectivity index (χ3n) is 2.68. The van der Waals surface area contributed by atoms with Crippen LogP contribution in [0.2, 0.25) is 0 Å². The molecule has 2 rings (SSSR count). The molecule has 0 aliphatic heterocycles. The highest BCUT2D eigenvalue weighted by molar-refractivity contribution is 5.57. The molecule has 0 saturated heterocycles. The van der Waals surface area contributed by atoms with E-state index in [0.29, 0.717) is 5.76 Å². The Hall–Kier alpha value is -2.02. The third kappa shape index (κ3) is 2.97. The zero-order valence-electron chi connectivity index (χ0n) is 9.97. The Balaban J connectivity index is 2.05. The smallest absolute Gasteiger partial charge is 0.121 e. The topological polar surface area (TPSA) is 9.23 Å². The lowest BCUT2D eigenvalue weighted by molar-refractivity contribution is 0.189. The van der Waals surface area contributed by atoms with Crippen molar-refractivity contribution in [2.45, 2.75) is 13.0 Å². The largest absolute Gasteiger partial charge is 0.486 e. The fourth-order valence-corrected chi connectivity index (χ4v) is 1.70. The lowest BCUT2D eigenvalue weighted by Gasteiger charge is -2.16. The molecule has 0 aromatic heterocycles. The molecular weight excluding hydrogens is 208 g/mol. The molecule has 0 aliphatic carbocycles. The summed E-state index contributed by atoms with van der Waals surface area (Å²) in [5.41, 5.74) is 2.18. The van der Waals surface area contributed by atoms with Crippen LogP contribution in [0.5, 0.6) is 0 Å². The molecule has 0 saturated carbocycles. The van der Waals surface area contributed by atoms with E-state index >= 15 is 0 Å². The predicted octanol–water partition coefficient (Wildman–Crippen LogP) is 4.44. The van der Waals surface area contributed by atoms with Crippen molar-refractivity contribution < 1.29 is 4.74 Å². The van der Waals surface area contributed by atoms with Crippen molar-refractivity contribution in [3.8, 4) is 0 Å². The summed E-state index contributed by atoms with van der Waals surface area (Å²) in [6.45, 7) is 6.00. The van der Waals surface area contributed by atoms with Gasteiger partial charge in [-0.2, -0.15) is 0 Å².